The smallest absolute Gasteiger partial charge is 0.303 e. The van der Waals surface area contributed by atoms with Gasteiger partial charge in [0.05, 0.1) is 18.9 Å². The van der Waals surface area contributed by atoms with Gasteiger partial charge in [-0.25, -0.2) is 10.4 Å². The fourth-order valence-corrected chi connectivity index (χ4v) is 4.03. The number of hydrogen-bond acceptors (Lipinski definition) is 6. The van der Waals surface area contributed by atoms with Crippen LogP contribution in [0.3, 0.4) is 0 Å². The number of aryl methyl sites for hydroxylation is 1. The number of aliphatic imine (C=N–C) groups is 1. The van der Waals surface area contributed by atoms with Crippen molar-refractivity contribution in [2.45, 2.75) is 44.9 Å². The highest BCUT2D eigenvalue weighted by molar-refractivity contribution is 6.27. The molecule has 0 spiro atoms. The number of allylic oxidation sites excluding steroid dienone is 2. The zero-order chi connectivity index (χ0) is 19.3. The van der Waals surface area contributed by atoms with E-state index in [0.29, 0.717) is 13.0 Å². The number of guanidine groups is 1. The fraction of sp³-hybridized carbons (Fsp3) is 0.476. The minimum atomic E-state index is -0.791. The third-order valence-electron chi connectivity index (χ3n) is 5.36. The van der Waals surface area contributed by atoms with Crippen LogP contribution in [0.25, 0.3) is 5.57 Å². The maximum Gasteiger partial charge on any atom is 0.303 e. The molecule has 0 bridgehead atoms. The van der Waals surface area contributed by atoms with Gasteiger partial charge in [-0.1, -0.05) is 11.6 Å². The summed E-state index contributed by atoms with van der Waals surface area (Å²) >= 11 is 0. The Morgan fingerprint density at radius 3 is 3.04 bits per heavy atom. The summed E-state index contributed by atoms with van der Waals surface area (Å²) in [6.07, 6.45) is 5.94. The molecule has 0 atom stereocenters. The number of aliphatic carboxylic acids is 1. The zero-order valence-electron chi connectivity index (χ0n) is 16.0. The van der Waals surface area contributed by atoms with Gasteiger partial charge in [0.2, 0.25) is 5.96 Å². The predicted octanol–water partition coefficient (Wildman–Crippen LogP) is 2.72. The molecule has 1 heterocycles. The molecule has 148 valence electrons. The summed E-state index contributed by atoms with van der Waals surface area (Å²) in [6.45, 7) is 2.05. The van der Waals surface area contributed by atoms with Crippen molar-refractivity contribution >= 4 is 23.2 Å². The Bertz CT molecular complexity index is 857. The number of carboxylic acid groups (broad SMARTS) is 1. The summed E-state index contributed by atoms with van der Waals surface area (Å²) in [5.41, 5.74) is 9.43. The number of carboxylic acids is 1. The molecular weight excluding hydrogens is 356 g/mol. The number of rotatable bonds is 6. The van der Waals surface area contributed by atoms with Crippen LogP contribution in [-0.4, -0.2) is 42.4 Å². The molecule has 7 nitrogen and oxygen atoms in total. The van der Waals surface area contributed by atoms with Gasteiger partial charge in [0.15, 0.2) is 0 Å². The van der Waals surface area contributed by atoms with Crippen molar-refractivity contribution in [1.29, 1.82) is 0 Å². The van der Waals surface area contributed by atoms with Gasteiger partial charge in [0, 0.05) is 18.5 Å². The van der Waals surface area contributed by atoms with Gasteiger partial charge in [0.1, 0.15) is 5.75 Å². The number of nitrogens with zero attached hydrogens (tertiary/aromatic N) is 2. The Kier molecular flexibility index (Phi) is 5.60. The lowest BCUT2D eigenvalue weighted by atomic mass is 9.96. The average molecular weight is 382 g/mol. The van der Waals surface area contributed by atoms with E-state index in [-0.39, 0.29) is 6.42 Å². The monoisotopic (exact) mass is 382 g/mol. The summed E-state index contributed by atoms with van der Waals surface area (Å²) in [6, 6.07) is 6.24. The third kappa shape index (κ3) is 4.18. The van der Waals surface area contributed by atoms with E-state index in [1.807, 2.05) is 6.07 Å². The third-order valence-corrected chi connectivity index (χ3v) is 5.36. The van der Waals surface area contributed by atoms with Crippen LogP contribution in [0.1, 0.15) is 49.7 Å². The highest BCUT2D eigenvalue weighted by Crippen LogP contribution is 2.40. The molecule has 28 heavy (non-hydrogen) atoms. The summed E-state index contributed by atoms with van der Waals surface area (Å²) in [7, 11) is 0. The highest BCUT2D eigenvalue weighted by Gasteiger charge is 2.27. The Morgan fingerprint density at radius 2 is 2.21 bits per heavy atom. The van der Waals surface area contributed by atoms with Crippen molar-refractivity contribution in [2.75, 3.05) is 19.7 Å². The van der Waals surface area contributed by atoms with E-state index in [2.05, 4.69) is 33.0 Å². The molecule has 0 saturated carbocycles. The van der Waals surface area contributed by atoms with Crippen LogP contribution < -0.4 is 15.5 Å². The van der Waals surface area contributed by atoms with E-state index in [4.69, 9.17) is 9.84 Å². The number of hydrogen-bond donors (Lipinski definition) is 3. The van der Waals surface area contributed by atoms with Crippen molar-refractivity contribution in [2.24, 2.45) is 10.1 Å². The van der Waals surface area contributed by atoms with Gasteiger partial charge in [-0.3, -0.25) is 4.79 Å². The van der Waals surface area contributed by atoms with E-state index in [9.17, 15) is 4.79 Å². The topological polar surface area (TPSA) is 95.3 Å². The van der Waals surface area contributed by atoms with E-state index in [1.54, 1.807) is 0 Å². The summed E-state index contributed by atoms with van der Waals surface area (Å²) in [5.74, 6) is 0.742. The number of ether oxygens (including phenoxy) is 1. The molecule has 0 saturated heterocycles. The quantitative estimate of drug-likeness (QED) is 0.519. The molecule has 1 aliphatic heterocycles. The largest absolute Gasteiger partial charge is 0.494 e. The second-order valence-corrected chi connectivity index (χ2v) is 7.32. The Morgan fingerprint density at radius 1 is 1.29 bits per heavy atom. The lowest BCUT2D eigenvalue weighted by Crippen LogP contribution is -2.30. The van der Waals surface area contributed by atoms with Crippen LogP contribution in [0.2, 0.25) is 0 Å². The van der Waals surface area contributed by atoms with Crippen LogP contribution >= 0.6 is 0 Å². The molecule has 4 rings (SSSR count). The zero-order valence-corrected chi connectivity index (χ0v) is 16.0. The number of benzene rings is 1. The van der Waals surface area contributed by atoms with Gasteiger partial charge in [-0.05, 0) is 61.8 Å². The molecule has 0 radical (unpaired) electrons. The molecular formula is C21H26N4O3. The van der Waals surface area contributed by atoms with Crippen LogP contribution in [0.4, 0.5) is 0 Å². The molecule has 3 aliphatic rings. The van der Waals surface area contributed by atoms with Crippen LogP contribution in [0.5, 0.6) is 5.75 Å². The van der Waals surface area contributed by atoms with E-state index in [1.165, 1.54) is 22.3 Å². The second-order valence-electron chi connectivity index (χ2n) is 7.32. The molecule has 3 N–H and O–H groups in total. The number of hydrazone groups is 1. The minimum absolute atomic E-state index is 0.126. The van der Waals surface area contributed by atoms with Crippen molar-refractivity contribution < 1.29 is 14.6 Å². The first-order valence-corrected chi connectivity index (χ1v) is 10.0. The van der Waals surface area contributed by atoms with Gasteiger partial charge < -0.3 is 15.2 Å². The lowest BCUT2D eigenvalue weighted by Gasteiger charge is -2.14. The molecule has 2 aliphatic carbocycles. The highest BCUT2D eigenvalue weighted by atomic mass is 16.5. The van der Waals surface area contributed by atoms with Gasteiger partial charge in [-0.2, -0.15) is 5.10 Å². The van der Waals surface area contributed by atoms with E-state index in [0.717, 1.165) is 62.6 Å². The Hall–Kier alpha value is -2.83. The SMILES string of the molecule is O=C(O)CCCOc1ccc2c(c1)C1=C(CCC2)CCC1=NNC1=NCCN1. The fourth-order valence-electron chi connectivity index (χ4n) is 4.03. The first-order chi connectivity index (χ1) is 13.7. The van der Waals surface area contributed by atoms with Gasteiger partial charge in [0.25, 0.3) is 0 Å². The summed E-state index contributed by atoms with van der Waals surface area (Å²) < 4.78 is 5.82. The summed E-state index contributed by atoms with van der Waals surface area (Å²) in [5, 5.41) is 16.6. The minimum Gasteiger partial charge on any atom is -0.494 e. The van der Waals surface area contributed by atoms with Crippen LogP contribution in [0, 0.1) is 0 Å². The number of carbonyl (C=O) groups is 1. The molecule has 0 aromatic heterocycles. The molecule has 1 aromatic carbocycles. The lowest BCUT2D eigenvalue weighted by molar-refractivity contribution is -0.137. The number of fused-ring (bicyclic) bond motifs is 2. The van der Waals surface area contributed by atoms with Crippen LogP contribution in [0.15, 0.2) is 33.9 Å². The molecule has 0 fully saturated rings. The first-order valence-electron chi connectivity index (χ1n) is 10.0. The van der Waals surface area contributed by atoms with Crippen molar-refractivity contribution in [3.63, 3.8) is 0 Å². The molecule has 0 unspecified atom stereocenters. The Balaban J connectivity index is 1.55. The molecule has 7 heteroatoms. The normalized spacial score (nSPS) is 19.6. The van der Waals surface area contributed by atoms with Crippen molar-refractivity contribution in [1.82, 2.24) is 10.7 Å². The average Bonchev–Trinajstić information content (AvgIpc) is 3.30. The standard InChI is InChI=1S/C21H26N4O3/c26-19(27)5-2-12-28-16-8-6-14-3-1-4-15-7-9-18(20(15)17(14)13-16)24-25-21-22-10-11-23-21/h6,8,13H,1-5,7,9-12H2,(H,26,27)(H2,22,23,25). The van der Waals surface area contributed by atoms with E-state index < -0.39 is 5.97 Å². The van der Waals surface area contributed by atoms with Gasteiger partial charge >= 0.3 is 5.97 Å². The Labute approximate surface area is 164 Å². The maximum atomic E-state index is 10.7. The maximum absolute atomic E-state index is 10.7. The van der Waals surface area contributed by atoms with Crippen LogP contribution in [-0.2, 0) is 11.2 Å². The predicted molar refractivity (Wildman–Crippen MR) is 109 cm³/mol. The molecule has 1 aromatic rings. The second kappa shape index (κ2) is 8.46. The van der Waals surface area contributed by atoms with Crippen molar-refractivity contribution in [3.8, 4) is 5.75 Å². The first kappa shape index (κ1) is 18.5. The van der Waals surface area contributed by atoms with Crippen molar-refractivity contribution in [3.05, 3.63) is 34.9 Å². The molecule has 0 amide bonds. The van der Waals surface area contributed by atoms with Gasteiger partial charge in [-0.15, -0.1) is 0 Å². The number of nitrogens with one attached hydrogen (secondary N) is 2. The summed E-state index contributed by atoms with van der Waals surface area (Å²) in [4.78, 5) is 15.0. The van der Waals surface area contributed by atoms with E-state index >= 15 is 0 Å².